The maximum Gasteiger partial charge on any atom is 0.327 e. The average molecular weight is 387 g/mol. The van der Waals surface area contributed by atoms with Crippen LogP contribution in [0.2, 0.25) is 0 Å². The van der Waals surface area contributed by atoms with Gasteiger partial charge in [0.15, 0.2) is 0 Å². The molecule has 2 aliphatic heterocycles. The highest BCUT2D eigenvalue weighted by atomic mass is 16.2. The van der Waals surface area contributed by atoms with E-state index in [1.807, 2.05) is 17.2 Å². The third-order valence-corrected chi connectivity index (χ3v) is 5.91. The quantitative estimate of drug-likeness (QED) is 0.674. The lowest BCUT2D eigenvalue weighted by atomic mass is 9.85. The number of pyridine rings is 1. The Morgan fingerprint density at radius 3 is 2.39 bits per heavy atom. The Kier molecular flexibility index (Phi) is 6.38. The van der Waals surface area contributed by atoms with Crippen LogP contribution in [0.4, 0.5) is 4.79 Å². The van der Waals surface area contributed by atoms with Gasteiger partial charge in [-0.25, -0.2) is 4.79 Å². The molecule has 0 radical (unpaired) electrons. The molecule has 3 heterocycles. The fraction of sp³-hybridized carbons (Fsp3) is 0.682. The summed E-state index contributed by atoms with van der Waals surface area (Å²) in [6.45, 7) is 12.1. The Bertz CT molecular complexity index is 681. The number of nitrogens with zero attached hydrogens (tertiary/aromatic N) is 4. The molecular weight excluding hydrogens is 352 g/mol. The Morgan fingerprint density at radius 2 is 1.82 bits per heavy atom. The van der Waals surface area contributed by atoms with E-state index >= 15 is 0 Å². The highest BCUT2D eigenvalue weighted by Gasteiger charge is 2.57. The number of amides is 3. The van der Waals surface area contributed by atoms with E-state index in [0.29, 0.717) is 31.8 Å². The van der Waals surface area contributed by atoms with Gasteiger partial charge in [0.05, 0.1) is 0 Å². The normalized spacial score (nSPS) is 20.2. The number of aromatic nitrogens is 1. The van der Waals surface area contributed by atoms with Gasteiger partial charge >= 0.3 is 6.03 Å². The fourth-order valence-corrected chi connectivity index (χ4v) is 4.32. The van der Waals surface area contributed by atoms with E-state index in [-0.39, 0.29) is 17.9 Å². The molecule has 0 aliphatic carbocycles. The molecule has 1 aromatic heterocycles. The van der Waals surface area contributed by atoms with Crippen LogP contribution in [0.15, 0.2) is 24.5 Å². The van der Waals surface area contributed by atoms with E-state index < -0.39 is 5.54 Å². The van der Waals surface area contributed by atoms with Gasteiger partial charge in [-0.15, -0.1) is 0 Å². The molecule has 6 heteroatoms. The molecule has 3 amide bonds. The van der Waals surface area contributed by atoms with Crippen molar-refractivity contribution in [2.75, 3.05) is 26.2 Å². The van der Waals surface area contributed by atoms with Crippen LogP contribution >= 0.6 is 0 Å². The van der Waals surface area contributed by atoms with Crippen molar-refractivity contribution in [2.45, 2.75) is 59.0 Å². The highest BCUT2D eigenvalue weighted by Crippen LogP contribution is 2.38. The first-order valence-corrected chi connectivity index (χ1v) is 10.6. The van der Waals surface area contributed by atoms with Crippen LogP contribution in [-0.2, 0) is 11.3 Å². The molecule has 0 saturated carbocycles. The number of carbonyl (C=O) groups is 2. The first-order valence-electron chi connectivity index (χ1n) is 10.6. The number of urea groups is 1. The second kappa shape index (κ2) is 8.60. The molecule has 2 saturated heterocycles. The third-order valence-electron chi connectivity index (χ3n) is 5.91. The lowest BCUT2D eigenvalue weighted by molar-refractivity contribution is -0.136. The average Bonchev–Trinajstić information content (AvgIpc) is 2.84. The predicted molar refractivity (Wildman–Crippen MR) is 110 cm³/mol. The van der Waals surface area contributed by atoms with E-state index in [2.05, 4.69) is 43.6 Å². The van der Waals surface area contributed by atoms with Crippen molar-refractivity contribution in [1.29, 1.82) is 0 Å². The number of likely N-dealkylation sites (tertiary alicyclic amines) is 1. The summed E-state index contributed by atoms with van der Waals surface area (Å²) >= 11 is 0. The van der Waals surface area contributed by atoms with Crippen molar-refractivity contribution in [3.8, 4) is 0 Å². The first kappa shape index (κ1) is 20.8. The van der Waals surface area contributed by atoms with Crippen LogP contribution in [0.1, 0.15) is 52.5 Å². The molecule has 0 bridgehead atoms. The zero-order valence-electron chi connectivity index (χ0n) is 17.7. The van der Waals surface area contributed by atoms with Crippen LogP contribution < -0.4 is 0 Å². The van der Waals surface area contributed by atoms with Crippen LogP contribution in [0.5, 0.6) is 0 Å². The SMILES string of the molecule is CC(C)CCN1C(=O)N(CC(C)C)C(=O)C12CCN(Cc1cccnc1)CC2. The van der Waals surface area contributed by atoms with Crippen LogP contribution in [0.25, 0.3) is 0 Å². The number of rotatable bonds is 7. The Hall–Kier alpha value is -1.95. The van der Waals surface area contributed by atoms with Crippen LogP contribution in [0, 0.1) is 11.8 Å². The zero-order valence-corrected chi connectivity index (χ0v) is 17.7. The van der Waals surface area contributed by atoms with Crippen molar-refractivity contribution < 1.29 is 9.59 Å². The van der Waals surface area contributed by atoms with Gasteiger partial charge in [0.25, 0.3) is 5.91 Å². The summed E-state index contributed by atoms with van der Waals surface area (Å²) in [6.07, 6.45) is 6.03. The summed E-state index contributed by atoms with van der Waals surface area (Å²) in [6, 6.07) is 3.96. The van der Waals surface area contributed by atoms with Gasteiger partial charge in [-0.3, -0.25) is 19.6 Å². The van der Waals surface area contributed by atoms with Crippen LogP contribution in [0.3, 0.4) is 0 Å². The molecule has 154 valence electrons. The molecule has 0 atom stereocenters. The lowest BCUT2D eigenvalue weighted by Gasteiger charge is -2.42. The van der Waals surface area contributed by atoms with Crippen molar-refractivity contribution in [3.05, 3.63) is 30.1 Å². The summed E-state index contributed by atoms with van der Waals surface area (Å²) in [5.41, 5.74) is 0.539. The van der Waals surface area contributed by atoms with Gasteiger partial charge < -0.3 is 4.90 Å². The monoisotopic (exact) mass is 386 g/mol. The Morgan fingerprint density at radius 1 is 1.11 bits per heavy atom. The van der Waals surface area contributed by atoms with E-state index in [0.717, 1.165) is 26.1 Å². The minimum atomic E-state index is -0.647. The van der Waals surface area contributed by atoms with E-state index in [1.54, 1.807) is 6.20 Å². The molecular formula is C22H34N4O2. The molecule has 1 spiro atoms. The minimum absolute atomic E-state index is 0.0241. The van der Waals surface area contributed by atoms with Crippen molar-refractivity contribution in [3.63, 3.8) is 0 Å². The molecule has 0 aromatic carbocycles. The number of carbonyl (C=O) groups excluding carboxylic acids is 2. The molecule has 1 aromatic rings. The lowest BCUT2D eigenvalue weighted by Crippen LogP contribution is -2.56. The van der Waals surface area contributed by atoms with Crippen molar-refractivity contribution >= 4 is 11.9 Å². The fourth-order valence-electron chi connectivity index (χ4n) is 4.32. The van der Waals surface area contributed by atoms with Crippen molar-refractivity contribution in [2.24, 2.45) is 11.8 Å². The number of piperidine rings is 1. The standard InChI is InChI=1S/C22H34N4O2/c1-17(2)7-11-26-21(28)25(15-18(3)4)20(27)22(26)8-12-24(13-9-22)16-19-6-5-10-23-14-19/h5-6,10,14,17-18H,7-9,11-13,15-16H2,1-4H3. The molecule has 28 heavy (non-hydrogen) atoms. The summed E-state index contributed by atoms with van der Waals surface area (Å²) < 4.78 is 0. The van der Waals surface area contributed by atoms with Gasteiger partial charge in [-0.2, -0.15) is 0 Å². The van der Waals surface area contributed by atoms with Crippen LogP contribution in [-0.4, -0.2) is 63.3 Å². The molecule has 0 unspecified atom stereocenters. The van der Waals surface area contributed by atoms with E-state index in [9.17, 15) is 9.59 Å². The summed E-state index contributed by atoms with van der Waals surface area (Å²) in [7, 11) is 0. The Balaban J connectivity index is 1.74. The third kappa shape index (κ3) is 4.22. The summed E-state index contributed by atoms with van der Waals surface area (Å²) in [4.78, 5) is 36.5. The van der Waals surface area contributed by atoms with E-state index in [4.69, 9.17) is 0 Å². The Labute approximate surface area is 168 Å². The minimum Gasteiger partial charge on any atom is -0.309 e. The van der Waals surface area contributed by atoms with Gasteiger partial charge in [-0.1, -0.05) is 33.8 Å². The second-order valence-electron chi connectivity index (χ2n) is 9.10. The topological polar surface area (TPSA) is 56.8 Å². The highest BCUT2D eigenvalue weighted by molar-refractivity contribution is 6.07. The second-order valence-corrected chi connectivity index (χ2v) is 9.10. The molecule has 2 aliphatic rings. The largest absolute Gasteiger partial charge is 0.327 e. The summed E-state index contributed by atoms with van der Waals surface area (Å²) in [5, 5.41) is 0. The number of hydrogen-bond donors (Lipinski definition) is 0. The maximum absolute atomic E-state index is 13.4. The molecule has 3 rings (SSSR count). The number of hydrogen-bond acceptors (Lipinski definition) is 4. The van der Waals surface area contributed by atoms with Gasteiger partial charge in [0.2, 0.25) is 0 Å². The number of imide groups is 1. The van der Waals surface area contributed by atoms with Gasteiger partial charge in [0, 0.05) is 45.1 Å². The predicted octanol–water partition coefficient (Wildman–Crippen LogP) is 3.38. The van der Waals surface area contributed by atoms with Crippen molar-refractivity contribution in [1.82, 2.24) is 19.7 Å². The van der Waals surface area contributed by atoms with Gasteiger partial charge in [-0.05, 0) is 42.7 Å². The smallest absolute Gasteiger partial charge is 0.309 e. The molecule has 0 N–H and O–H groups in total. The first-order chi connectivity index (χ1) is 13.3. The van der Waals surface area contributed by atoms with E-state index in [1.165, 1.54) is 10.5 Å². The van der Waals surface area contributed by atoms with Gasteiger partial charge in [0.1, 0.15) is 5.54 Å². The maximum atomic E-state index is 13.4. The molecule has 2 fully saturated rings. The zero-order chi connectivity index (χ0) is 20.3. The molecule has 6 nitrogen and oxygen atoms in total. The summed E-state index contributed by atoms with van der Waals surface area (Å²) in [5.74, 6) is 0.807.